The Labute approximate surface area is 197 Å². The Kier molecular flexibility index (Phi) is 4.99. The van der Waals surface area contributed by atoms with Gasteiger partial charge >= 0.3 is 0 Å². The Hall–Kier alpha value is -3.84. The number of amides is 1. The summed E-state index contributed by atoms with van der Waals surface area (Å²) in [4.78, 5) is 29.0. The number of nitrogens with two attached hydrogens (primary N) is 1. The molecule has 1 aliphatic carbocycles. The second-order valence-electron chi connectivity index (χ2n) is 9.04. The topological polar surface area (TPSA) is 94.2 Å². The number of aromatic nitrogens is 3. The summed E-state index contributed by atoms with van der Waals surface area (Å²) in [5.74, 6) is 0.945. The molecule has 1 amide bonds. The quantitative estimate of drug-likeness (QED) is 0.474. The summed E-state index contributed by atoms with van der Waals surface area (Å²) in [6.45, 7) is 3.33. The number of rotatable bonds is 5. The van der Waals surface area contributed by atoms with Gasteiger partial charge in [0.1, 0.15) is 5.82 Å². The van der Waals surface area contributed by atoms with Crippen molar-refractivity contribution in [2.75, 3.05) is 10.6 Å². The second kappa shape index (κ2) is 8.18. The third-order valence-electron chi connectivity index (χ3n) is 6.68. The van der Waals surface area contributed by atoms with Crippen LogP contribution < -0.4 is 10.6 Å². The molecule has 1 fully saturated rings. The van der Waals surface area contributed by atoms with Crippen LogP contribution in [0.1, 0.15) is 57.2 Å². The van der Waals surface area contributed by atoms with Crippen LogP contribution in [0.25, 0.3) is 10.9 Å². The second-order valence-corrected chi connectivity index (χ2v) is 9.04. The molecule has 4 heterocycles. The van der Waals surface area contributed by atoms with Gasteiger partial charge in [-0.3, -0.25) is 14.8 Å². The van der Waals surface area contributed by atoms with Gasteiger partial charge in [-0.2, -0.15) is 0 Å². The number of hydrogen-bond donors (Lipinski definition) is 1. The van der Waals surface area contributed by atoms with Crippen LogP contribution >= 0.6 is 0 Å². The number of nitrogen functional groups attached to an aromatic ring is 1. The first-order valence-corrected chi connectivity index (χ1v) is 11.6. The molecule has 0 unspecified atom stereocenters. The van der Waals surface area contributed by atoms with Gasteiger partial charge in [0, 0.05) is 35.0 Å². The highest BCUT2D eigenvalue weighted by atomic mass is 16.5. The maximum Gasteiger partial charge on any atom is 0.260 e. The highest BCUT2D eigenvalue weighted by molar-refractivity contribution is 6.06. The number of carbonyl (C=O) groups is 1. The van der Waals surface area contributed by atoms with Gasteiger partial charge in [-0.25, -0.2) is 4.98 Å². The summed E-state index contributed by atoms with van der Waals surface area (Å²) in [5.41, 5.74) is 13.2. The maximum atomic E-state index is 13.7. The van der Waals surface area contributed by atoms with Crippen molar-refractivity contribution in [1.29, 1.82) is 0 Å². The van der Waals surface area contributed by atoms with E-state index in [1.807, 2.05) is 43.3 Å². The summed E-state index contributed by atoms with van der Waals surface area (Å²) in [6.07, 6.45) is 5.79. The minimum atomic E-state index is -0.110. The number of fused-ring (bicyclic) bond motifs is 3. The summed E-state index contributed by atoms with van der Waals surface area (Å²) >= 11 is 0. The smallest absolute Gasteiger partial charge is 0.260 e. The molecule has 4 aromatic rings. The van der Waals surface area contributed by atoms with Crippen LogP contribution in [0, 0.1) is 6.92 Å². The lowest BCUT2D eigenvalue weighted by Gasteiger charge is -2.24. The van der Waals surface area contributed by atoms with Gasteiger partial charge in [0.25, 0.3) is 5.91 Å². The van der Waals surface area contributed by atoms with E-state index in [4.69, 9.17) is 10.5 Å². The molecule has 0 radical (unpaired) electrons. The Balaban J connectivity index is 1.37. The van der Waals surface area contributed by atoms with Crippen molar-refractivity contribution in [3.05, 3.63) is 88.5 Å². The number of ether oxygens (including phenoxy) is 1. The van der Waals surface area contributed by atoms with Crippen molar-refractivity contribution in [3.8, 4) is 0 Å². The molecule has 7 nitrogen and oxygen atoms in total. The monoisotopic (exact) mass is 451 g/mol. The molecular weight excluding hydrogens is 426 g/mol. The highest BCUT2D eigenvalue weighted by Crippen LogP contribution is 2.39. The van der Waals surface area contributed by atoms with E-state index in [9.17, 15) is 4.79 Å². The first-order valence-electron chi connectivity index (χ1n) is 11.6. The number of pyridine rings is 3. The molecule has 170 valence electrons. The van der Waals surface area contributed by atoms with Crippen LogP contribution in [-0.2, 0) is 24.5 Å². The van der Waals surface area contributed by atoms with Gasteiger partial charge in [0.15, 0.2) is 0 Å². The van der Waals surface area contributed by atoms with Crippen molar-refractivity contribution in [2.24, 2.45) is 0 Å². The van der Waals surface area contributed by atoms with E-state index in [-0.39, 0.29) is 5.91 Å². The van der Waals surface area contributed by atoms with Crippen molar-refractivity contribution in [1.82, 2.24) is 15.0 Å². The SMILES string of the molecule is Cc1ncccc1N(Cc1ccc2c3c(c(N)nc2c1)COC3)C(=O)c1ccc(C2CC2)nc1. The summed E-state index contributed by atoms with van der Waals surface area (Å²) in [7, 11) is 0. The maximum absolute atomic E-state index is 13.7. The van der Waals surface area contributed by atoms with E-state index >= 15 is 0 Å². The minimum Gasteiger partial charge on any atom is -0.383 e. The first-order chi connectivity index (χ1) is 16.6. The van der Waals surface area contributed by atoms with Gasteiger partial charge in [-0.1, -0.05) is 12.1 Å². The fraction of sp³-hybridized carbons (Fsp3) is 0.259. The molecule has 1 saturated carbocycles. The van der Waals surface area contributed by atoms with Crippen LogP contribution in [0.15, 0.2) is 54.9 Å². The number of aryl methyl sites for hydroxylation is 1. The minimum absolute atomic E-state index is 0.110. The van der Waals surface area contributed by atoms with Gasteiger partial charge in [-0.15, -0.1) is 0 Å². The molecule has 3 aromatic heterocycles. The standard InChI is InChI=1S/C27H25N5O2/c1-16-25(3-2-10-29-16)32(27(33)19-7-9-23(30-12-19)18-5-6-18)13-17-4-8-20-21-14-34-15-22(21)26(28)31-24(20)11-17/h2-4,7-12,18H,5-6,13-15H2,1H3,(H2,28,31). The van der Waals surface area contributed by atoms with E-state index in [0.29, 0.717) is 37.1 Å². The average molecular weight is 452 g/mol. The molecule has 0 spiro atoms. The molecule has 1 aromatic carbocycles. The number of benzene rings is 1. The number of nitrogens with zero attached hydrogens (tertiary/aromatic N) is 4. The third kappa shape index (κ3) is 3.68. The van der Waals surface area contributed by atoms with Gasteiger partial charge < -0.3 is 15.4 Å². The predicted molar refractivity (Wildman–Crippen MR) is 130 cm³/mol. The predicted octanol–water partition coefficient (Wildman–Crippen LogP) is 4.67. The zero-order chi connectivity index (χ0) is 23.2. The molecule has 0 bridgehead atoms. The molecule has 7 heteroatoms. The first kappa shape index (κ1) is 20.7. The normalized spacial score (nSPS) is 14.9. The third-order valence-corrected chi connectivity index (χ3v) is 6.68. The Morgan fingerprint density at radius 1 is 1.12 bits per heavy atom. The van der Waals surface area contributed by atoms with E-state index < -0.39 is 0 Å². The fourth-order valence-electron chi connectivity index (χ4n) is 4.64. The van der Waals surface area contributed by atoms with Crippen LogP contribution in [0.3, 0.4) is 0 Å². The molecule has 34 heavy (non-hydrogen) atoms. The zero-order valence-corrected chi connectivity index (χ0v) is 19.0. The van der Waals surface area contributed by atoms with E-state index in [1.54, 1.807) is 17.3 Å². The average Bonchev–Trinajstić information content (AvgIpc) is 3.58. The molecule has 0 atom stereocenters. The van der Waals surface area contributed by atoms with E-state index in [1.165, 1.54) is 12.8 Å². The van der Waals surface area contributed by atoms with Crippen LogP contribution in [0.4, 0.5) is 11.5 Å². The number of carbonyl (C=O) groups excluding carboxylic acids is 1. The molecule has 6 rings (SSSR count). The summed E-state index contributed by atoms with van der Waals surface area (Å²) in [6, 6.07) is 13.7. The lowest BCUT2D eigenvalue weighted by molar-refractivity contribution is 0.0984. The number of hydrogen-bond acceptors (Lipinski definition) is 6. The van der Waals surface area contributed by atoms with Crippen molar-refractivity contribution < 1.29 is 9.53 Å². The van der Waals surface area contributed by atoms with E-state index in [2.05, 4.69) is 21.0 Å². The van der Waals surface area contributed by atoms with Crippen molar-refractivity contribution in [3.63, 3.8) is 0 Å². The number of anilines is 2. The lowest BCUT2D eigenvalue weighted by Crippen LogP contribution is -2.31. The Morgan fingerprint density at radius 3 is 2.74 bits per heavy atom. The van der Waals surface area contributed by atoms with Crippen LogP contribution in [0.5, 0.6) is 0 Å². The fourth-order valence-corrected chi connectivity index (χ4v) is 4.64. The van der Waals surface area contributed by atoms with Crippen molar-refractivity contribution >= 4 is 28.3 Å². The largest absolute Gasteiger partial charge is 0.383 e. The van der Waals surface area contributed by atoms with Gasteiger partial charge in [0.2, 0.25) is 0 Å². The van der Waals surface area contributed by atoms with Gasteiger partial charge in [-0.05, 0) is 61.2 Å². The molecule has 2 N–H and O–H groups in total. The van der Waals surface area contributed by atoms with Crippen molar-refractivity contribution in [2.45, 2.75) is 45.4 Å². The molecule has 2 aliphatic rings. The van der Waals surface area contributed by atoms with E-state index in [0.717, 1.165) is 44.7 Å². The Morgan fingerprint density at radius 2 is 1.97 bits per heavy atom. The molecule has 1 aliphatic heterocycles. The zero-order valence-electron chi connectivity index (χ0n) is 19.0. The van der Waals surface area contributed by atoms with Gasteiger partial charge in [0.05, 0.1) is 42.2 Å². The van der Waals surface area contributed by atoms with Crippen LogP contribution in [-0.4, -0.2) is 20.9 Å². The Bertz CT molecular complexity index is 1410. The van der Waals surface area contributed by atoms with Crippen LogP contribution in [0.2, 0.25) is 0 Å². The lowest BCUT2D eigenvalue weighted by atomic mass is 10.0. The highest BCUT2D eigenvalue weighted by Gasteiger charge is 2.26. The summed E-state index contributed by atoms with van der Waals surface area (Å²) < 4.78 is 5.59. The molecular formula is C27H25N5O2. The molecule has 0 saturated heterocycles. The summed E-state index contributed by atoms with van der Waals surface area (Å²) in [5, 5.41) is 1.04.